The summed E-state index contributed by atoms with van der Waals surface area (Å²) in [4.78, 5) is 37.3. The second-order valence-electron chi connectivity index (χ2n) is 5.21. The van der Waals surface area contributed by atoms with Crippen molar-refractivity contribution in [1.82, 2.24) is 0 Å². The molecule has 2 amide bonds. The van der Waals surface area contributed by atoms with E-state index in [1.54, 1.807) is 48.5 Å². The normalized spacial score (nSPS) is 14.0. The Hall–Kier alpha value is -3.15. The standard InChI is InChI=1S/C18H15NO5/c1-23-13-6-4-5-12(11-13)18(22)24-15-8-3-2-7-14(15)19-16(20)9-10-17(19)21/h2-8,11H,9-10H2,1H3. The van der Waals surface area contributed by atoms with E-state index in [0.29, 0.717) is 11.3 Å². The molecule has 3 rings (SSSR count). The fraction of sp³-hybridized carbons (Fsp3) is 0.167. The van der Waals surface area contributed by atoms with Crippen molar-refractivity contribution in [3.63, 3.8) is 0 Å². The Bertz CT molecular complexity index is 799. The zero-order valence-electron chi connectivity index (χ0n) is 13.0. The number of anilines is 1. The number of ether oxygens (including phenoxy) is 2. The summed E-state index contributed by atoms with van der Waals surface area (Å²) in [6.45, 7) is 0. The summed E-state index contributed by atoms with van der Waals surface area (Å²) in [5.41, 5.74) is 0.587. The molecule has 2 aromatic rings. The zero-order chi connectivity index (χ0) is 17.1. The van der Waals surface area contributed by atoms with Gasteiger partial charge >= 0.3 is 5.97 Å². The molecule has 0 atom stereocenters. The Morgan fingerprint density at radius 3 is 2.42 bits per heavy atom. The van der Waals surface area contributed by atoms with Gasteiger partial charge in [0.15, 0.2) is 5.75 Å². The maximum atomic E-state index is 12.3. The van der Waals surface area contributed by atoms with Crippen LogP contribution in [0.2, 0.25) is 0 Å². The van der Waals surface area contributed by atoms with Crippen LogP contribution in [0.4, 0.5) is 5.69 Å². The van der Waals surface area contributed by atoms with E-state index in [1.807, 2.05) is 0 Å². The van der Waals surface area contributed by atoms with Crippen molar-refractivity contribution in [1.29, 1.82) is 0 Å². The highest BCUT2D eigenvalue weighted by Crippen LogP contribution is 2.32. The van der Waals surface area contributed by atoms with Gasteiger partial charge in [0.2, 0.25) is 11.8 Å². The molecule has 0 spiro atoms. The predicted molar refractivity (Wildman–Crippen MR) is 86.1 cm³/mol. The Labute approximate surface area is 138 Å². The molecular formula is C18H15NO5. The van der Waals surface area contributed by atoms with Crippen LogP contribution >= 0.6 is 0 Å². The molecule has 0 radical (unpaired) electrons. The fourth-order valence-electron chi connectivity index (χ4n) is 2.48. The Morgan fingerprint density at radius 2 is 1.71 bits per heavy atom. The highest BCUT2D eigenvalue weighted by atomic mass is 16.5. The summed E-state index contributed by atoms with van der Waals surface area (Å²) < 4.78 is 10.5. The molecule has 0 unspecified atom stereocenters. The van der Waals surface area contributed by atoms with Crippen LogP contribution in [0, 0.1) is 0 Å². The number of hydrogen-bond acceptors (Lipinski definition) is 5. The second-order valence-corrected chi connectivity index (χ2v) is 5.21. The molecule has 24 heavy (non-hydrogen) atoms. The van der Waals surface area contributed by atoms with Crippen LogP contribution in [0.15, 0.2) is 48.5 Å². The molecule has 6 nitrogen and oxygen atoms in total. The van der Waals surface area contributed by atoms with Crippen molar-refractivity contribution in [2.45, 2.75) is 12.8 Å². The van der Waals surface area contributed by atoms with Gasteiger partial charge in [0.1, 0.15) is 5.75 Å². The number of imide groups is 1. The maximum Gasteiger partial charge on any atom is 0.343 e. The van der Waals surface area contributed by atoms with Gasteiger partial charge in [-0.05, 0) is 30.3 Å². The van der Waals surface area contributed by atoms with Crippen molar-refractivity contribution in [3.8, 4) is 11.5 Å². The molecule has 0 saturated carbocycles. The SMILES string of the molecule is COc1cccc(C(=O)Oc2ccccc2N2C(=O)CCC2=O)c1. The van der Waals surface area contributed by atoms with Crippen molar-refractivity contribution >= 4 is 23.5 Å². The Balaban J connectivity index is 1.89. The Kier molecular flexibility index (Phi) is 4.29. The number of nitrogens with zero attached hydrogens (tertiary/aromatic N) is 1. The van der Waals surface area contributed by atoms with Gasteiger partial charge in [-0.15, -0.1) is 0 Å². The topological polar surface area (TPSA) is 72.9 Å². The summed E-state index contributed by atoms with van der Waals surface area (Å²) in [7, 11) is 1.50. The van der Waals surface area contributed by atoms with Crippen LogP contribution in [0.3, 0.4) is 0 Å². The molecule has 122 valence electrons. The van der Waals surface area contributed by atoms with E-state index in [9.17, 15) is 14.4 Å². The second kappa shape index (κ2) is 6.54. The molecule has 1 fully saturated rings. The number of carbonyl (C=O) groups excluding carboxylic acids is 3. The van der Waals surface area contributed by atoms with Crippen LogP contribution < -0.4 is 14.4 Å². The van der Waals surface area contributed by atoms with Gasteiger partial charge in [0, 0.05) is 12.8 Å². The molecule has 2 aromatic carbocycles. The molecule has 0 N–H and O–H groups in total. The first-order chi connectivity index (χ1) is 11.6. The van der Waals surface area contributed by atoms with E-state index in [-0.39, 0.29) is 36.1 Å². The monoisotopic (exact) mass is 325 g/mol. The van der Waals surface area contributed by atoms with Gasteiger partial charge in [-0.25, -0.2) is 9.69 Å². The summed E-state index contributed by atoms with van der Waals surface area (Å²) >= 11 is 0. The molecule has 1 heterocycles. The number of carbonyl (C=O) groups is 3. The first kappa shape index (κ1) is 15.7. The van der Waals surface area contributed by atoms with E-state index in [4.69, 9.17) is 9.47 Å². The Morgan fingerprint density at radius 1 is 1.00 bits per heavy atom. The van der Waals surface area contributed by atoms with Crippen LogP contribution in [-0.4, -0.2) is 24.9 Å². The number of methoxy groups -OCH3 is 1. The van der Waals surface area contributed by atoms with Crippen LogP contribution in [0.1, 0.15) is 23.2 Å². The van der Waals surface area contributed by atoms with Gasteiger partial charge < -0.3 is 9.47 Å². The smallest absolute Gasteiger partial charge is 0.343 e. The van der Waals surface area contributed by atoms with E-state index >= 15 is 0 Å². The number of benzene rings is 2. The lowest BCUT2D eigenvalue weighted by molar-refractivity contribution is -0.121. The molecule has 0 aliphatic carbocycles. The molecule has 0 aromatic heterocycles. The molecule has 1 saturated heterocycles. The average molecular weight is 325 g/mol. The first-order valence-electron chi connectivity index (χ1n) is 7.41. The van der Waals surface area contributed by atoms with Crippen molar-refractivity contribution in [3.05, 3.63) is 54.1 Å². The van der Waals surface area contributed by atoms with Crippen molar-refractivity contribution in [2.24, 2.45) is 0 Å². The van der Waals surface area contributed by atoms with Gasteiger partial charge in [0.05, 0.1) is 18.4 Å². The van der Waals surface area contributed by atoms with Crippen molar-refractivity contribution < 1.29 is 23.9 Å². The summed E-state index contributed by atoms with van der Waals surface area (Å²) in [5.74, 6) is -0.508. The predicted octanol–water partition coefficient (Wildman–Crippen LogP) is 2.57. The molecular weight excluding hydrogens is 310 g/mol. The minimum Gasteiger partial charge on any atom is -0.497 e. The fourth-order valence-corrected chi connectivity index (χ4v) is 2.48. The van der Waals surface area contributed by atoms with E-state index in [0.717, 1.165) is 4.90 Å². The van der Waals surface area contributed by atoms with Gasteiger partial charge in [0.25, 0.3) is 0 Å². The summed E-state index contributed by atoms with van der Waals surface area (Å²) in [6, 6.07) is 13.0. The van der Waals surface area contributed by atoms with Gasteiger partial charge in [-0.2, -0.15) is 0 Å². The number of para-hydroxylation sites is 2. The maximum absolute atomic E-state index is 12.3. The highest BCUT2D eigenvalue weighted by molar-refractivity contribution is 6.20. The number of amides is 2. The highest BCUT2D eigenvalue weighted by Gasteiger charge is 2.32. The largest absolute Gasteiger partial charge is 0.497 e. The minimum absolute atomic E-state index is 0.161. The molecule has 1 aliphatic rings. The zero-order valence-corrected chi connectivity index (χ0v) is 13.0. The van der Waals surface area contributed by atoms with Crippen LogP contribution in [-0.2, 0) is 9.59 Å². The first-order valence-corrected chi connectivity index (χ1v) is 7.41. The third-order valence-electron chi connectivity index (χ3n) is 3.67. The number of hydrogen-bond donors (Lipinski definition) is 0. The third kappa shape index (κ3) is 2.99. The number of rotatable bonds is 4. The third-order valence-corrected chi connectivity index (χ3v) is 3.67. The molecule has 1 aliphatic heterocycles. The number of esters is 1. The lowest BCUT2D eigenvalue weighted by Crippen LogP contribution is -2.29. The lowest BCUT2D eigenvalue weighted by atomic mass is 10.2. The minimum atomic E-state index is -0.597. The van der Waals surface area contributed by atoms with Gasteiger partial charge in [-0.1, -0.05) is 18.2 Å². The summed E-state index contributed by atoms with van der Waals surface area (Å²) in [6.07, 6.45) is 0.327. The van der Waals surface area contributed by atoms with Crippen LogP contribution in [0.5, 0.6) is 11.5 Å². The lowest BCUT2D eigenvalue weighted by Gasteiger charge is -2.17. The van der Waals surface area contributed by atoms with Gasteiger partial charge in [-0.3, -0.25) is 9.59 Å². The van der Waals surface area contributed by atoms with Crippen molar-refractivity contribution in [2.75, 3.05) is 12.0 Å². The van der Waals surface area contributed by atoms with E-state index in [2.05, 4.69) is 0 Å². The average Bonchev–Trinajstić information content (AvgIpc) is 2.94. The van der Waals surface area contributed by atoms with E-state index < -0.39 is 5.97 Å². The van der Waals surface area contributed by atoms with E-state index in [1.165, 1.54) is 7.11 Å². The van der Waals surface area contributed by atoms with Crippen LogP contribution in [0.25, 0.3) is 0 Å². The molecule has 0 bridgehead atoms. The quantitative estimate of drug-likeness (QED) is 0.491. The molecule has 6 heteroatoms. The summed E-state index contributed by atoms with van der Waals surface area (Å²) in [5, 5.41) is 0.